The Hall–Kier alpha value is -0.890. The second-order valence-electron chi connectivity index (χ2n) is 22.8. The van der Waals surface area contributed by atoms with Crippen LogP contribution in [0, 0.1) is 29.1 Å². The van der Waals surface area contributed by atoms with E-state index < -0.39 is 11.8 Å². The molecule has 0 saturated carbocycles. The van der Waals surface area contributed by atoms with Gasteiger partial charge in [-0.1, -0.05) is 0 Å². The molecule has 0 aromatic heterocycles. The molecule has 48 heavy (non-hydrogen) atoms. The maximum atomic E-state index is 14.0. The Morgan fingerprint density at radius 3 is 0.958 bits per heavy atom. The molecule has 0 aromatic rings. The van der Waals surface area contributed by atoms with Crippen LogP contribution in [0.15, 0.2) is 0 Å². The first-order valence-electron chi connectivity index (χ1n) is 19.4. The number of carbonyl (C=O) groups excluding carboxylic acids is 1. The van der Waals surface area contributed by atoms with Crippen molar-refractivity contribution in [3.63, 3.8) is 0 Å². The molecule has 7 nitrogen and oxygen atoms in total. The van der Waals surface area contributed by atoms with Gasteiger partial charge in [0.15, 0.2) is 5.60 Å². The molecule has 5 aliphatic rings. The number of rotatable bonds is 5. The van der Waals surface area contributed by atoms with Crippen LogP contribution in [0.4, 0.5) is 4.79 Å². The van der Waals surface area contributed by atoms with Crippen molar-refractivity contribution in [1.82, 2.24) is 21.3 Å². The van der Waals surface area contributed by atoms with Crippen molar-refractivity contribution in [3.05, 3.63) is 0 Å². The van der Waals surface area contributed by atoms with Crippen LogP contribution >= 0.6 is 0 Å². The molecule has 7 heteroatoms. The number of cyclic esters (lactones) is 2. The highest BCUT2D eigenvalue weighted by Crippen LogP contribution is 2.70. The average molecular weight is 673 g/mol. The lowest BCUT2D eigenvalue weighted by Gasteiger charge is -2.70. The van der Waals surface area contributed by atoms with Gasteiger partial charge in [0.25, 0.3) is 0 Å². The van der Waals surface area contributed by atoms with Crippen molar-refractivity contribution in [2.75, 3.05) is 0 Å². The first kappa shape index (κ1) is 38.3. The lowest BCUT2D eigenvalue weighted by molar-refractivity contribution is -0.250. The zero-order valence-electron chi connectivity index (χ0n) is 34.3. The van der Waals surface area contributed by atoms with Crippen molar-refractivity contribution in [2.45, 2.75) is 225 Å². The van der Waals surface area contributed by atoms with Crippen molar-refractivity contribution in [3.8, 4) is 0 Å². The molecule has 0 amide bonds. The third kappa shape index (κ3) is 7.11. The minimum atomic E-state index is -0.794. The monoisotopic (exact) mass is 673 g/mol. The van der Waals surface area contributed by atoms with Gasteiger partial charge in [-0.3, -0.25) is 0 Å². The zero-order valence-corrected chi connectivity index (χ0v) is 34.3. The van der Waals surface area contributed by atoms with E-state index in [0.29, 0.717) is 17.8 Å². The third-order valence-corrected chi connectivity index (χ3v) is 13.2. The normalized spacial score (nSPS) is 36.3. The van der Waals surface area contributed by atoms with E-state index in [1.54, 1.807) is 0 Å². The molecular weight excluding hydrogens is 596 g/mol. The third-order valence-electron chi connectivity index (χ3n) is 13.2. The SMILES string of the molecule is CC1OC(=O)OC1(C1CC(C)(C)NC(C)(C)C1)C(C1CC(C)(C)NC(C)(C)C1)(C1CC(C)(C)NC(C)(C)C1)C1CC(C)(C)NC(C)(C)C1. The second kappa shape index (κ2) is 11.3. The van der Waals surface area contributed by atoms with Crippen LogP contribution in [0.1, 0.15) is 169 Å². The van der Waals surface area contributed by atoms with Crippen LogP contribution in [0.5, 0.6) is 0 Å². The smallest absolute Gasteiger partial charge is 0.427 e. The van der Waals surface area contributed by atoms with Gasteiger partial charge in [-0.05, 0) is 187 Å². The molecule has 5 fully saturated rings. The summed E-state index contributed by atoms with van der Waals surface area (Å²) in [6.45, 7) is 40.5. The lowest BCUT2D eigenvalue weighted by atomic mass is 9.39. The lowest BCUT2D eigenvalue weighted by Crippen LogP contribution is -2.77. The summed E-state index contributed by atoms with van der Waals surface area (Å²) in [5.41, 5.74) is -1.83. The summed E-state index contributed by atoms with van der Waals surface area (Å²) < 4.78 is 13.7. The predicted molar refractivity (Wildman–Crippen MR) is 198 cm³/mol. The van der Waals surface area contributed by atoms with Crippen LogP contribution in [0.3, 0.4) is 0 Å². The summed E-state index contributed by atoms with van der Waals surface area (Å²) in [7, 11) is 0. The number of nitrogens with one attached hydrogen (secondary N) is 4. The first-order valence-corrected chi connectivity index (χ1v) is 19.4. The van der Waals surface area contributed by atoms with Crippen molar-refractivity contribution < 1.29 is 14.3 Å². The summed E-state index contributed by atoms with van der Waals surface area (Å²) in [4.78, 5) is 14.0. The Labute approximate surface area is 295 Å². The van der Waals surface area contributed by atoms with E-state index in [4.69, 9.17) is 9.47 Å². The fraction of sp³-hybridized carbons (Fsp3) is 0.976. The van der Waals surface area contributed by atoms with Crippen molar-refractivity contribution in [2.24, 2.45) is 29.1 Å². The first-order chi connectivity index (χ1) is 21.3. The molecule has 5 saturated heterocycles. The Kier molecular flexibility index (Phi) is 9.03. The summed E-state index contributed by atoms with van der Waals surface area (Å²) in [6.07, 6.45) is 7.28. The fourth-order valence-electron chi connectivity index (χ4n) is 14.2. The van der Waals surface area contributed by atoms with Gasteiger partial charge in [0.05, 0.1) is 0 Å². The summed E-state index contributed by atoms with van der Waals surface area (Å²) in [5, 5.41) is 16.2. The Morgan fingerprint density at radius 1 is 0.479 bits per heavy atom. The molecule has 0 aromatic carbocycles. The Morgan fingerprint density at radius 2 is 0.729 bits per heavy atom. The van der Waals surface area contributed by atoms with E-state index in [1.165, 1.54) is 0 Å². The van der Waals surface area contributed by atoms with Gasteiger partial charge in [-0.2, -0.15) is 0 Å². The van der Waals surface area contributed by atoms with Gasteiger partial charge in [0.2, 0.25) is 0 Å². The average Bonchev–Trinajstić information content (AvgIpc) is 3.06. The maximum absolute atomic E-state index is 14.0. The highest BCUT2D eigenvalue weighted by molar-refractivity contribution is 5.64. The molecule has 5 rings (SSSR count). The molecule has 278 valence electrons. The summed E-state index contributed by atoms with van der Waals surface area (Å²) >= 11 is 0. The van der Waals surface area contributed by atoms with E-state index in [2.05, 4.69) is 139 Å². The molecular formula is C41H76N4O3. The second-order valence-corrected chi connectivity index (χ2v) is 22.8. The number of carbonyl (C=O) groups is 1. The van der Waals surface area contributed by atoms with Gasteiger partial charge >= 0.3 is 6.16 Å². The predicted octanol–water partition coefficient (Wildman–Crippen LogP) is 8.49. The van der Waals surface area contributed by atoms with Gasteiger partial charge < -0.3 is 30.7 Å². The highest BCUT2D eigenvalue weighted by Gasteiger charge is 2.76. The molecule has 0 aliphatic carbocycles. The topological polar surface area (TPSA) is 83.7 Å². The van der Waals surface area contributed by atoms with Crippen LogP contribution in [0.25, 0.3) is 0 Å². The van der Waals surface area contributed by atoms with Gasteiger partial charge in [0, 0.05) is 55.6 Å². The summed E-state index contributed by atoms with van der Waals surface area (Å²) in [5.74, 6) is 1.07. The van der Waals surface area contributed by atoms with Crippen LogP contribution in [0.2, 0.25) is 0 Å². The molecule has 0 radical (unpaired) electrons. The van der Waals surface area contributed by atoms with Gasteiger partial charge in [-0.25, -0.2) is 4.79 Å². The molecule has 5 heterocycles. The summed E-state index contributed by atoms with van der Waals surface area (Å²) in [6, 6.07) is 0. The molecule has 2 unspecified atom stereocenters. The minimum absolute atomic E-state index is 0.0753. The molecule has 0 bridgehead atoms. The fourth-order valence-corrected chi connectivity index (χ4v) is 14.2. The van der Waals surface area contributed by atoms with E-state index >= 15 is 0 Å². The number of hydrogen-bond acceptors (Lipinski definition) is 7. The van der Waals surface area contributed by atoms with Crippen LogP contribution in [-0.2, 0) is 9.47 Å². The zero-order chi connectivity index (χ0) is 36.4. The largest absolute Gasteiger partial charge is 0.509 e. The quantitative estimate of drug-likeness (QED) is 0.218. The maximum Gasteiger partial charge on any atom is 0.509 e. The van der Waals surface area contributed by atoms with Crippen molar-refractivity contribution >= 4 is 6.16 Å². The van der Waals surface area contributed by atoms with Crippen LogP contribution in [-0.4, -0.2) is 62.2 Å². The van der Waals surface area contributed by atoms with Gasteiger partial charge in [-0.15, -0.1) is 0 Å². The van der Waals surface area contributed by atoms with Crippen molar-refractivity contribution in [1.29, 1.82) is 0 Å². The number of piperidine rings is 4. The number of hydrogen-bond donors (Lipinski definition) is 4. The number of ether oxygens (including phenoxy) is 2. The van der Waals surface area contributed by atoms with E-state index in [1.807, 2.05) is 0 Å². The van der Waals surface area contributed by atoms with Crippen LogP contribution < -0.4 is 21.3 Å². The standard InChI is InChI=1S/C41H76N4O3/c1-26-41(48-31(46)47-26,30-24-38(14,15)45-39(16,17)25-30)40(27-18-32(2,3)42-33(4,5)19-27,28-20-34(6,7)43-35(8,9)21-28)29-22-36(10,11)44-37(12,13)23-29/h26-30,42-45H,18-25H2,1-17H3. The molecule has 2 atom stereocenters. The Balaban J connectivity index is 1.93. The molecule has 4 N–H and O–H groups in total. The molecule has 5 aliphatic heterocycles. The van der Waals surface area contributed by atoms with E-state index in [-0.39, 0.29) is 61.7 Å². The highest BCUT2D eigenvalue weighted by atomic mass is 16.8. The molecule has 0 spiro atoms. The Bertz CT molecular complexity index is 1090. The van der Waals surface area contributed by atoms with E-state index in [0.717, 1.165) is 51.4 Å². The van der Waals surface area contributed by atoms with E-state index in [9.17, 15) is 4.79 Å². The minimum Gasteiger partial charge on any atom is -0.427 e. The van der Waals surface area contributed by atoms with Gasteiger partial charge in [0.1, 0.15) is 6.10 Å².